The Balaban J connectivity index is 2.80. The van der Waals surface area contributed by atoms with Crippen LogP contribution in [0.25, 0.3) is 11.4 Å². The molecule has 0 atom stereocenters. The van der Waals surface area contributed by atoms with E-state index in [2.05, 4.69) is 15.4 Å². The van der Waals surface area contributed by atoms with Crippen LogP contribution in [0.15, 0.2) is 16.7 Å². The molecule has 0 aromatic carbocycles. The third kappa shape index (κ3) is 0.586. The van der Waals surface area contributed by atoms with E-state index < -0.39 is 0 Å². The van der Waals surface area contributed by atoms with Gasteiger partial charge in [-0.05, 0) is 12.1 Å². The first-order valence-electron chi connectivity index (χ1n) is 2.91. The average molecular weight is 135 g/mol. The molecule has 0 saturated carbocycles. The summed E-state index contributed by atoms with van der Waals surface area (Å²) < 4.78 is 5.06. The Bertz CT molecular complexity index is 317. The molecule has 4 heteroatoms. The highest BCUT2D eigenvalue weighted by molar-refractivity contribution is 5.54. The molecular weight excluding hydrogens is 130 g/mol. The normalized spacial score (nSPS) is 10.5. The lowest BCUT2D eigenvalue weighted by Crippen LogP contribution is -1.81. The number of aryl methyl sites for hydroxylation is 1. The third-order valence-electron chi connectivity index (χ3n) is 1.34. The Hall–Kier alpha value is -1.45. The molecule has 0 bridgehead atoms. The maximum atomic E-state index is 5.06. The molecule has 0 N–H and O–H groups in total. The van der Waals surface area contributed by atoms with Gasteiger partial charge in [0.1, 0.15) is 11.5 Å². The maximum Gasteiger partial charge on any atom is 0.153 e. The number of hydrogen-bond acceptors (Lipinski definition) is 4. The molecule has 0 aromatic rings. The van der Waals surface area contributed by atoms with Crippen molar-refractivity contribution in [3.63, 3.8) is 0 Å². The van der Waals surface area contributed by atoms with Crippen molar-refractivity contribution < 1.29 is 4.42 Å². The van der Waals surface area contributed by atoms with E-state index >= 15 is 0 Å². The molecule has 0 saturated heterocycles. The van der Waals surface area contributed by atoms with Gasteiger partial charge in [0.05, 0.1) is 6.26 Å². The van der Waals surface area contributed by atoms with E-state index in [0.717, 1.165) is 17.1 Å². The van der Waals surface area contributed by atoms with Crippen LogP contribution in [0, 0.1) is 6.92 Å². The fourth-order valence-corrected chi connectivity index (χ4v) is 0.833. The van der Waals surface area contributed by atoms with E-state index in [4.69, 9.17) is 4.42 Å². The van der Waals surface area contributed by atoms with Crippen LogP contribution >= 0.6 is 0 Å². The molecule has 2 heterocycles. The van der Waals surface area contributed by atoms with E-state index in [-0.39, 0.29) is 0 Å². The predicted octanol–water partition coefficient (Wildman–Crippen LogP) is 0.878. The van der Waals surface area contributed by atoms with Gasteiger partial charge in [-0.25, -0.2) is 0 Å². The Morgan fingerprint density at radius 1 is 1.40 bits per heavy atom. The monoisotopic (exact) mass is 135 g/mol. The van der Waals surface area contributed by atoms with Gasteiger partial charge in [-0.15, -0.1) is 10.2 Å². The number of fused-ring (bicyclic) bond motifs is 1. The van der Waals surface area contributed by atoms with Gasteiger partial charge in [0.2, 0.25) is 0 Å². The summed E-state index contributed by atoms with van der Waals surface area (Å²) in [6.45, 7) is 1.83. The molecule has 0 spiro atoms. The van der Waals surface area contributed by atoms with Crippen molar-refractivity contribution in [2.45, 2.75) is 6.92 Å². The largest absolute Gasteiger partial charge is 0.467 e. The molecule has 4 nitrogen and oxygen atoms in total. The Kier molecular flexibility index (Phi) is 0.943. The third-order valence-corrected chi connectivity index (χ3v) is 1.34. The van der Waals surface area contributed by atoms with Crippen LogP contribution in [0.2, 0.25) is 0 Å². The van der Waals surface area contributed by atoms with Crippen molar-refractivity contribution in [3.8, 4) is 11.4 Å². The summed E-state index contributed by atoms with van der Waals surface area (Å²) in [6, 6.07) is 1.74. The second kappa shape index (κ2) is 1.76. The predicted molar refractivity (Wildman–Crippen MR) is 33.5 cm³/mol. The number of hydrogen-bond donors (Lipinski definition) is 0. The molecule has 0 unspecified atom stereocenters. The molecule has 2 aliphatic heterocycles. The average Bonchev–Trinajstić information content (AvgIpc) is 2.36. The van der Waals surface area contributed by atoms with E-state index in [1.165, 1.54) is 0 Å². The van der Waals surface area contributed by atoms with Gasteiger partial charge in [0, 0.05) is 6.07 Å². The highest BCUT2D eigenvalue weighted by atomic mass is 16.3. The highest BCUT2D eigenvalue weighted by Crippen LogP contribution is 2.18. The SMILES string of the molecule is Cc1occc2nnnc1-2. The summed E-state index contributed by atoms with van der Waals surface area (Å²) in [7, 11) is 0. The standard InChI is InChI=1S/C6H5N3O/c1-4-6-5(2-3-10-4)7-9-8-6/h2-3H,1H3. The highest BCUT2D eigenvalue weighted by Gasteiger charge is 2.09. The van der Waals surface area contributed by atoms with Crippen LogP contribution in [0.4, 0.5) is 0 Å². The van der Waals surface area contributed by atoms with E-state index in [1.807, 2.05) is 6.92 Å². The Labute approximate surface area is 57.2 Å². The van der Waals surface area contributed by atoms with Gasteiger partial charge in [0.15, 0.2) is 5.69 Å². The lowest BCUT2D eigenvalue weighted by Gasteiger charge is -1.94. The maximum absolute atomic E-state index is 5.06. The smallest absolute Gasteiger partial charge is 0.153 e. The first kappa shape index (κ1) is 5.34. The van der Waals surface area contributed by atoms with Gasteiger partial charge in [-0.1, -0.05) is 0 Å². The lowest BCUT2D eigenvalue weighted by molar-refractivity contribution is 0.516. The van der Waals surface area contributed by atoms with Crippen LogP contribution in [0.5, 0.6) is 0 Å². The summed E-state index contributed by atoms with van der Waals surface area (Å²) in [5, 5.41) is 11.0. The second-order valence-corrected chi connectivity index (χ2v) is 2.00. The molecule has 0 amide bonds. The molecule has 0 radical (unpaired) electrons. The molecule has 10 heavy (non-hydrogen) atoms. The molecule has 0 aliphatic carbocycles. The van der Waals surface area contributed by atoms with Crippen LogP contribution in [0.1, 0.15) is 5.76 Å². The van der Waals surface area contributed by atoms with Gasteiger partial charge >= 0.3 is 0 Å². The number of nitrogens with zero attached hydrogens (tertiary/aromatic N) is 3. The first-order chi connectivity index (χ1) is 4.88. The van der Waals surface area contributed by atoms with Crippen molar-refractivity contribution in [3.05, 3.63) is 18.1 Å². The van der Waals surface area contributed by atoms with Crippen LogP contribution in [-0.4, -0.2) is 15.4 Å². The minimum Gasteiger partial charge on any atom is -0.467 e. The van der Waals surface area contributed by atoms with E-state index in [1.54, 1.807) is 12.3 Å². The van der Waals surface area contributed by atoms with Crippen molar-refractivity contribution in [1.82, 2.24) is 15.4 Å². The van der Waals surface area contributed by atoms with Crippen molar-refractivity contribution in [2.75, 3.05) is 0 Å². The van der Waals surface area contributed by atoms with Crippen molar-refractivity contribution in [2.24, 2.45) is 0 Å². The topological polar surface area (TPSA) is 51.8 Å². The quantitative estimate of drug-likeness (QED) is 0.538. The van der Waals surface area contributed by atoms with Crippen molar-refractivity contribution >= 4 is 0 Å². The summed E-state index contributed by atoms with van der Waals surface area (Å²) in [4.78, 5) is 0. The zero-order chi connectivity index (χ0) is 6.97. The Morgan fingerprint density at radius 2 is 2.30 bits per heavy atom. The van der Waals surface area contributed by atoms with Gasteiger partial charge in [0.25, 0.3) is 0 Å². The molecular formula is C6H5N3O. The van der Waals surface area contributed by atoms with E-state index in [0.29, 0.717) is 0 Å². The van der Waals surface area contributed by atoms with Crippen molar-refractivity contribution in [1.29, 1.82) is 0 Å². The van der Waals surface area contributed by atoms with Crippen LogP contribution < -0.4 is 0 Å². The fourth-order valence-electron chi connectivity index (χ4n) is 0.833. The minimum atomic E-state index is 0.738. The molecule has 2 aliphatic rings. The summed E-state index contributed by atoms with van der Waals surface area (Å²) >= 11 is 0. The molecule has 2 rings (SSSR count). The molecule has 0 fully saturated rings. The van der Waals surface area contributed by atoms with Crippen LogP contribution in [-0.2, 0) is 0 Å². The lowest BCUT2D eigenvalue weighted by atomic mass is 10.2. The minimum absolute atomic E-state index is 0.738. The van der Waals surface area contributed by atoms with Gasteiger partial charge in [-0.3, -0.25) is 0 Å². The van der Waals surface area contributed by atoms with E-state index in [9.17, 15) is 0 Å². The zero-order valence-corrected chi connectivity index (χ0v) is 5.40. The Morgan fingerprint density at radius 3 is 3.10 bits per heavy atom. The first-order valence-corrected chi connectivity index (χ1v) is 2.91. The zero-order valence-electron chi connectivity index (χ0n) is 5.40. The van der Waals surface area contributed by atoms with Gasteiger partial charge < -0.3 is 4.42 Å². The van der Waals surface area contributed by atoms with Gasteiger partial charge in [-0.2, -0.15) is 0 Å². The summed E-state index contributed by atoms with van der Waals surface area (Å²) in [6.07, 6.45) is 1.58. The molecule has 0 aromatic heterocycles. The van der Waals surface area contributed by atoms with Crippen LogP contribution in [0.3, 0.4) is 0 Å². The second-order valence-electron chi connectivity index (χ2n) is 2.00. The number of rotatable bonds is 0. The fraction of sp³-hybridized carbons (Fsp3) is 0.167. The molecule has 50 valence electrons. The summed E-state index contributed by atoms with van der Waals surface area (Å²) in [5.41, 5.74) is 1.52. The summed E-state index contributed by atoms with van der Waals surface area (Å²) in [5.74, 6) is 0.752. The number of aromatic nitrogens is 3.